The molecule has 0 radical (unpaired) electrons. The van der Waals surface area contributed by atoms with Gasteiger partial charge in [-0.1, -0.05) is 17.7 Å². The van der Waals surface area contributed by atoms with Crippen molar-refractivity contribution in [2.75, 3.05) is 11.9 Å². The van der Waals surface area contributed by atoms with E-state index >= 15 is 0 Å². The lowest BCUT2D eigenvalue weighted by Crippen LogP contribution is -2.03. The van der Waals surface area contributed by atoms with E-state index in [9.17, 15) is 0 Å². The zero-order valence-electron chi connectivity index (χ0n) is 8.24. The molecule has 0 saturated heterocycles. The van der Waals surface area contributed by atoms with Crippen molar-refractivity contribution in [3.8, 4) is 0 Å². The van der Waals surface area contributed by atoms with E-state index in [0.717, 1.165) is 23.7 Å². The van der Waals surface area contributed by atoms with Crippen LogP contribution < -0.4 is 5.32 Å². The second-order valence-corrected chi connectivity index (χ2v) is 4.54. The van der Waals surface area contributed by atoms with Crippen LogP contribution in [0.4, 0.5) is 5.69 Å². The average Bonchev–Trinajstić information content (AvgIpc) is 2.71. The third kappa shape index (κ3) is 3.26. The molecule has 0 spiro atoms. The predicted octanol–water partition coefficient (Wildman–Crippen LogP) is 4.06. The second-order valence-electron chi connectivity index (χ2n) is 3.32. The summed E-state index contributed by atoms with van der Waals surface area (Å²) < 4.78 is 0. The molecule has 2 rings (SSSR count). The lowest BCUT2D eigenvalue weighted by Gasteiger charge is -2.05. The van der Waals surface area contributed by atoms with E-state index < -0.39 is 0 Å². The molecule has 78 valence electrons. The number of thiophene rings is 1. The second kappa shape index (κ2) is 5.19. The Morgan fingerprint density at radius 2 is 2.20 bits per heavy atom. The lowest BCUT2D eigenvalue weighted by molar-refractivity contribution is 1.03. The van der Waals surface area contributed by atoms with Crippen molar-refractivity contribution < 1.29 is 0 Å². The summed E-state index contributed by atoms with van der Waals surface area (Å²) >= 11 is 7.62. The molecule has 1 nitrogen and oxygen atoms in total. The molecule has 1 heterocycles. The molecule has 0 fully saturated rings. The Kier molecular flexibility index (Phi) is 3.64. The summed E-state index contributed by atoms with van der Waals surface area (Å²) in [5, 5.41) is 8.40. The lowest BCUT2D eigenvalue weighted by atomic mass is 10.2. The standard InChI is InChI=1S/C12H12ClNS/c13-11-2-1-3-12(8-11)14-6-4-10-5-7-15-9-10/h1-3,5,7-9,14H,4,6H2. The summed E-state index contributed by atoms with van der Waals surface area (Å²) in [5.41, 5.74) is 2.47. The fourth-order valence-corrected chi connectivity index (χ4v) is 2.28. The maximum Gasteiger partial charge on any atom is 0.0426 e. The first-order valence-electron chi connectivity index (χ1n) is 4.85. The van der Waals surface area contributed by atoms with Crippen LogP contribution in [-0.2, 0) is 6.42 Å². The van der Waals surface area contributed by atoms with Crippen molar-refractivity contribution in [3.05, 3.63) is 51.7 Å². The summed E-state index contributed by atoms with van der Waals surface area (Å²) in [6.45, 7) is 0.942. The van der Waals surface area contributed by atoms with Gasteiger partial charge in [-0.3, -0.25) is 0 Å². The van der Waals surface area contributed by atoms with Crippen molar-refractivity contribution in [2.24, 2.45) is 0 Å². The highest BCUT2D eigenvalue weighted by Gasteiger charge is 1.94. The SMILES string of the molecule is Clc1cccc(NCCc2ccsc2)c1. The van der Waals surface area contributed by atoms with E-state index in [0.29, 0.717) is 0 Å². The van der Waals surface area contributed by atoms with Gasteiger partial charge in [-0.25, -0.2) is 0 Å². The van der Waals surface area contributed by atoms with Crippen LogP contribution in [0.3, 0.4) is 0 Å². The highest BCUT2D eigenvalue weighted by molar-refractivity contribution is 7.07. The molecule has 0 saturated carbocycles. The van der Waals surface area contributed by atoms with E-state index in [1.54, 1.807) is 11.3 Å². The summed E-state index contributed by atoms with van der Waals surface area (Å²) in [5.74, 6) is 0. The van der Waals surface area contributed by atoms with Crippen LogP contribution in [0.5, 0.6) is 0 Å². The molecule has 1 N–H and O–H groups in total. The van der Waals surface area contributed by atoms with E-state index in [1.165, 1.54) is 5.56 Å². The fraction of sp³-hybridized carbons (Fsp3) is 0.167. The van der Waals surface area contributed by atoms with Gasteiger partial charge in [-0.05, 0) is 47.0 Å². The smallest absolute Gasteiger partial charge is 0.0426 e. The number of benzene rings is 1. The van der Waals surface area contributed by atoms with Crippen LogP contribution in [0.15, 0.2) is 41.1 Å². The quantitative estimate of drug-likeness (QED) is 0.846. The molecular formula is C12H12ClNS. The average molecular weight is 238 g/mol. The van der Waals surface area contributed by atoms with Gasteiger partial charge in [0.15, 0.2) is 0 Å². The van der Waals surface area contributed by atoms with E-state index in [2.05, 4.69) is 22.1 Å². The molecular weight excluding hydrogens is 226 g/mol. The van der Waals surface area contributed by atoms with Crippen molar-refractivity contribution in [1.29, 1.82) is 0 Å². The summed E-state index contributed by atoms with van der Waals surface area (Å²) in [6, 6.07) is 9.96. The minimum Gasteiger partial charge on any atom is -0.385 e. The monoisotopic (exact) mass is 237 g/mol. The molecule has 0 aliphatic rings. The van der Waals surface area contributed by atoms with E-state index in [-0.39, 0.29) is 0 Å². The number of hydrogen-bond donors (Lipinski definition) is 1. The van der Waals surface area contributed by atoms with Crippen LogP contribution in [0.25, 0.3) is 0 Å². The van der Waals surface area contributed by atoms with Gasteiger partial charge in [-0.2, -0.15) is 11.3 Å². The van der Waals surface area contributed by atoms with Crippen LogP contribution in [-0.4, -0.2) is 6.54 Å². The molecule has 1 aromatic heterocycles. The molecule has 3 heteroatoms. The highest BCUT2D eigenvalue weighted by Crippen LogP contribution is 2.15. The molecule has 0 unspecified atom stereocenters. The first-order chi connectivity index (χ1) is 7.34. The van der Waals surface area contributed by atoms with Gasteiger partial charge in [0, 0.05) is 17.3 Å². The molecule has 2 aromatic rings. The maximum absolute atomic E-state index is 5.88. The zero-order chi connectivity index (χ0) is 10.5. The third-order valence-electron chi connectivity index (χ3n) is 2.15. The summed E-state index contributed by atoms with van der Waals surface area (Å²) in [6.07, 6.45) is 1.05. The minimum absolute atomic E-state index is 0.774. The van der Waals surface area contributed by atoms with Crippen LogP contribution in [0, 0.1) is 0 Å². The molecule has 15 heavy (non-hydrogen) atoms. The van der Waals surface area contributed by atoms with Crippen molar-refractivity contribution in [1.82, 2.24) is 0 Å². The highest BCUT2D eigenvalue weighted by atomic mass is 35.5. The summed E-state index contributed by atoms with van der Waals surface area (Å²) in [7, 11) is 0. The van der Waals surface area contributed by atoms with Crippen molar-refractivity contribution in [2.45, 2.75) is 6.42 Å². The minimum atomic E-state index is 0.774. The van der Waals surface area contributed by atoms with Gasteiger partial charge in [0.25, 0.3) is 0 Å². The largest absolute Gasteiger partial charge is 0.385 e. The van der Waals surface area contributed by atoms with Crippen molar-refractivity contribution >= 4 is 28.6 Å². The fourth-order valence-electron chi connectivity index (χ4n) is 1.38. The molecule has 0 aliphatic heterocycles. The Hall–Kier alpha value is -0.990. The molecule has 0 amide bonds. The van der Waals surface area contributed by atoms with Crippen LogP contribution in [0.2, 0.25) is 5.02 Å². The molecule has 0 atom stereocenters. The third-order valence-corrected chi connectivity index (χ3v) is 3.11. The number of nitrogens with one attached hydrogen (secondary N) is 1. The predicted molar refractivity (Wildman–Crippen MR) is 68.0 cm³/mol. The normalized spacial score (nSPS) is 10.2. The van der Waals surface area contributed by atoms with Crippen molar-refractivity contribution in [3.63, 3.8) is 0 Å². The van der Waals surface area contributed by atoms with E-state index in [1.807, 2.05) is 24.3 Å². The Morgan fingerprint density at radius 3 is 2.93 bits per heavy atom. The van der Waals surface area contributed by atoms with Crippen LogP contribution >= 0.6 is 22.9 Å². The number of rotatable bonds is 4. The van der Waals surface area contributed by atoms with Gasteiger partial charge in [-0.15, -0.1) is 0 Å². The molecule has 0 aliphatic carbocycles. The Labute approximate surface area is 98.7 Å². The number of halogens is 1. The Bertz CT molecular complexity index is 411. The van der Waals surface area contributed by atoms with Gasteiger partial charge < -0.3 is 5.32 Å². The number of hydrogen-bond acceptors (Lipinski definition) is 2. The van der Waals surface area contributed by atoms with Gasteiger partial charge in [0.1, 0.15) is 0 Å². The van der Waals surface area contributed by atoms with Gasteiger partial charge >= 0.3 is 0 Å². The Balaban J connectivity index is 1.83. The zero-order valence-corrected chi connectivity index (χ0v) is 9.81. The first kappa shape index (κ1) is 10.5. The summed E-state index contributed by atoms with van der Waals surface area (Å²) in [4.78, 5) is 0. The van der Waals surface area contributed by atoms with Gasteiger partial charge in [0.2, 0.25) is 0 Å². The maximum atomic E-state index is 5.88. The topological polar surface area (TPSA) is 12.0 Å². The first-order valence-corrected chi connectivity index (χ1v) is 6.17. The van der Waals surface area contributed by atoms with Crippen LogP contribution in [0.1, 0.15) is 5.56 Å². The molecule has 0 bridgehead atoms. The Morgan fingerprint density at radius 1 is 1.27 bits per heavy atom. The van der Waals surface area contributed by atoms with E-state index in [4.69, 9.17) is 11.6 Å². The van der Waals surface area contributed by atoms with Gasteiger partial charge in [0.05, 0.1) is 0 Å². The number of anilines is 1. The molecule has 1 aromatic carbocycles.